The quantitative estimate of drug-likeness (QED) is 0.764. The number of carbonyl (C=O) groups is 2. The van der Waals surface area contributed by atoms with Gasteiger partial charge in [0.05, 0.1) is 7.11 Å². The van der Waals surface area contributed by atoms with Crippen LogP contribution in [0.3, 0.4) is 0 Å². The molecule has 1 saturated heterocycles. The van der Waals surface area contributed by atoms with Crippen molar-refractivity contribution in [3.8, 4) is 11.5 Å². The van der Waals surface area contributed by atoms with Crippen LogP contribution in [0.15, 0.2) is 24.3 Å². The van der Waals surface area contributed by atoms with E-state index in [0.717, 1.165) is 12.8 Å². The molecule has 1 aliphatic heterocycles. The summed E-state index contributed by atoms with van der Waals surface area (Å²) in [4.78, 5) is 28.5. The van der Waals surface area contributed by atoms with Crippen LogP contribution in [-0.4, -0.2) is 61.0 Å². The minimum Gasteiger partial charge on any atom is -0.493 e. The van der Waals surface area contributed by atoms with E-state index in [2.05, 4.69) is 0 Å². The number of methoxy groups -OCH3 is 1. The second-order valence-corrected chi connectivity index (χ2v) is 5.70. The molecule has 0 radical (unpaired) electrons. The van der Waals surface area contributed by atoms with Crippen LogP contribution in [0.2, 0.25) is 0 Å². The minimum atomic E-state index is -0.362. The van der Waals surface area contributed by atoms with Crippen molar-refractivity contribution in [3.63, 3.8) is 0 Å². The number of ether oxygens (including phenoxy) is 2. The first kappa shape index (κ1) is 18.1. The van der Waals surface area contributed by atoms with E-state index in [1.165, 1.54) is 0 Å². The van der Waals surface area contributed by atoms with Crippen LogP contribution in [0.4, 0.5) is 0 Å². The number of likely N-dealkylation sites (N-methyl/N-ethyl adjacent to an activating group) is 1. The van der Waals surface area contributed by atoms with Gasteiger partial charge < -0.3 is 19.3 Å². The van der Waals surface area contributed by atoms with E-state index in [1.807, 2.05) is 26.0 Å². The number of para-hydroxylation sites is 2. The molecule has 6 heteroatoms. The molecule has 6 nitrogen and oxygen atoms in total. The summed E-state index contributed by atoms with van der Waals surface area (Å²) in [7, 11) is 1.56. The monoisotopic (exact) mass is 334 g/mol. The predicted molar refractivity (Wildman–Crippen MR) is 91.2 cm³/mol. The van der Waals surface area contributed by atoms with Crippen LogP contribution in [0.1, 0.15) is 26.7 Å². The van der Waals surface area contributed by atoms with Crippen LogP contribution < -0.4 is 9.47 Å². The summed E-state index contributed by atoms with van der Waals surface area (Å²) in [6.45, 7) is 5.73. The Morgan fingerprint density at radius 1 is 1.21 bits per heavy atom. The zero-order valence-corrected chi connectivity index (χ0v) is 14.7. The van der Waals surface area contributed by atoms with Gasteiger partial charge in [-0.15, -0.1) is 0 Å². The summed E-state index contributed by atoms with van der Waals surface area (Å²) in [5, 5.41) is 0. The number of benzene rings is 1. The van der Waals surface area contributed by atoms with Gasteiger partial charge in [0.25, 0.3) is 5.91 Å². The van der Waals surface area contributed by atoms with Crippen molar-refractivity contribution in [2.24, 2.45) is 0 Å². The van der Waals surface area contributed by atoms with Crippen LogP contribution in [0.5, 0.6) is 11.5 Å². The number of carbonyl (C=O) groups excluding carboxylic acids is 2. The summed E-state index contributed by atoms with van der Waals surface area (Å²) >= 11 is 0. The number of hydrogen-bond donors (Lipinski definition) is 0. The summed E-state index contributed by atoms with van der Waals surface area (Å²) in [6.07, 6.45) is 1.56. The van der Waals surface area contributed by atoms with Crippen molar-refractivity contribution >= 4 is 11.8 Å². The molecule has 0 unspecified atom stereocenters. The third-order valence-corrected chi connectivity index (χ3v) is 4.35. The highest BCUT2D eigenvalue weighted by molar-refractivity contribution is 5.88. The van der Waals surface area contributed by atoms with E-state index in [4.69, 9.17) is 9.47 Å². The highest BCUT2D eigenvalue weighted by Crippen LogP contribution is 2.26. The highest BCUT2D eigenvalue weighted by Gasteiger charge is 2.35. The van der Waals surface area contributed by atoms with Crippen molar-refractivity contribution in [2.45, 2.75) is 32.7 Å². The molecule has 0 bridgehead atoms. The Bertz CT molecular complexity index is 572. The Kier molecular flexibility index (Phi) is 6.46. The van der Waals surface area contributed by atoms with Crippen LogP contribution in [0.25, 0.3) is 0 Å². The normalized spacial score (nSPS) is 16.8. The van der Waals surface area contributed by atoms with Crippen LogP contribution in [-0.2, 0) is 9.59 Å². The van der Waals surface area contributed by atoms with Crippen molar-refractivity contribution < 1.29 is 19.1 Å². The fraction of sp³-hybridized carbons (Fsp3) is 0.556. The van der Waals surface area contributed by atoms with Crippen molar-refractivity contribution in [2.75, 3.05) is 33.4 Å². The maximum absolute atomic E-state index is 12.6. The van der Waals surface area contributed by atoms with Gasteiger partial charge in [-0.3, -0.25) is 9.59 Å². The maximum Gasteiger partial charge on any atom is 0.261 e. The number of hydrogen-bond acceptors (Lipinski definition) is 4. The lowest BCUT2D eigenvalue weighted by molar-refractivity contribution is -0.144. The first-order chi connectivity index (χ1) is 11.6. The number of nitrogens with zero attached hydrogens (tertiary/aromatic N) is 2. The summed E-state index contributed by atoms with van der Waals surface area (Å²) in [5.41, 5.74) is 0. The molecule has 2 rings (SSSR count). The van der Waals surface area contributed by atoms with E-state index >= 15 is 0 Å². The van der Waals surface area contributed by atoms with E-state index in [9.17, 15) is 9.59 Å². The third kappa shape index (κ3) is 3.99. The number of amides is 2. The van der Waals surface area contributed by atoms with E-state index in [0.29, 0.717) is 31.1 Å². The molecule has 1 aliphatic rings. The molecule has 24 heavy (non-hydrogen) atoms. The Morgan fingerprint density at radius 3 is 2.50 bits per heavy atom. The summed E-state index contributed by atoms with van der Waals surface area (Å²) in [5.74, 6) is 0.980. The fourth-order valence-electron chi connectivity index (χ4n) is 3.03. The van der Waals surface area contributed by atoms with E-state index in [-0.39, 0.29) is 24.5 Å². The Balaban J connectivity index is 1.99. The van der Waals surface area contributed by atoms with Crippen molar-refractivity contribution in [1.82, 2.24) is 9.80 Å². The molecule has 1 aromatic rings. The van der Waals surface area contributed by atoms with Crippen LogP contribution >= 0.6 is 0 Å². The van der Waals surface area contributed by atoms with Gasteiger partial charge in [0, 0.05) is 19.6 Å². The van der Waals surface area contributed by atoms with Gasteiger partial charge in [0.2, 0.25) is 5.91 Å². The summed E-state index contributed by atoms with van der Waals surface area (Å²) < 4.78 is 10.8. The lowest BCUT2D eigenvalue weighted by Gasteiger charge is -2.29. The smallest absolute Gasteiger partial charge is 0.261 e. The Morgan fingerprint density at radius 2 is 1.88 bits per heavy atom. The molecule has 1 fully saturated rings. The molecule has 132 valence electrons. The van der Waals surface area contributed by atoms with Gasteiger partial charge in [-0.2, -0.15) is 0 Å². The van der Waals surface area contributed by atoms with Gasteiger partial charge in [0.15, 0.2) is 18.1 Å². The average molecular weight is 334 g/mol. The Hall–Kier alpha value is -2.24. The van der Waals surface area contributed by atoms with Crippen molar-refractivity contribution in [1.29, 1.82) is 0 Å². The molecule has 0 aliphatic carbocycles. The topological polar surface area (TPSA) is 59.1 Å². The van der Waals surface area contributed by atoms with Gasteiger partial charge in [-0.05, 0) is 38.8 Å². The second-order valence-electron chi connectivity index (χ2n) is 5.70. The standard InChI is InChI=1S/C18H26N2O4/c1-4-19(5-2)18(22)14-9-8-12-20(14)17(21)13-24-16-11-7-6-10-15(16)23-3/h6-7,10-11,14H,4-5,8-9,12-13H2,1-3H3/t14-/m0/s1. The number of rotatable bonds is 7. The zero-order chi connectivity index (χ0) is 17.5. The van der Waals surface area contributed by atoms with Gasteiger partial charge >= 0.3 is 0 Å². The second kappa shape index (κ2) is 8.57. The van der Waals surface area contributed by atoms with Crippen molar-refractivity contribution in [3.05, 3.63) is 24.3 Å². The third-order valence-electron chi connectivity index (χ3n) is 4.35. The lowest BCUT2D eigenvalue weighted by Crippen LogP contribution is -2.48. The lowest BCUT2D eigenvalue weighted by atomic mass is 10.2. The fourth-order valence-corrected chi connectivity index (χ4v) is 3.03. The molecular formula is C18H26N2O4. The first-order valence-electron chi connectivity index (χ1n) is 8.46. The predicted octanol–water partition coefficient (Wildman–Crippen LogP) is 1.93. The van der Waals surface area contributed by atoms with E-state index in [1.54, 1.807) is 29.0 Å². The molecule has 2 amide bonds. The summed E-state index contributed by atoms with van der Waals surface area (Å²) in [6, 6.07) is 6.84. The van der Waals surface area contributed by atoms with Gasteiger partial charge in [-0.1, -0.05) is 12.1 Å². The molecule has 1 heterocycles. The van der Waals surface area contributed by atoms with Crippen LogP contribution in [0, 0.1) is 0 Å². The average Bonchev–Trinajstić information content (AvgIpc) is 3.10. The Labute approximate surface area is 143 Å². The van der Waals surface area contributed by atoms with E-state index < -0.39 is 0 Å². The SMILES string of the molecule is CCN(CC)C(=O)[C@@H]1CCCN1C(=O)COc1ccccc1OC. The van der Waals surface area contributed by atoms with Gasteiger partial charge in [0.1, 0.15) is 6.04 Å². The largest absolute Gasteiger partial charge is 0.493 e. The molecule has 1 atom stereocenters. The molecular weight excluding hydrogens is 308 g/mol. The highest BCUT2D eigenvalue weighted by atomic mass is 16.5. The molecule has 1 aromatic carbocycles. The molecule has 0 spiro atoms. The zero-order valence-electron chi connectivity index (χ0n) is 14.7. The first-order valence-corrected chi connectivity index (χ1v) is 8.46. The molecule has 0 aromatic heterocycles. The molecule has 0 N–H and O–H groups in total. The molecule has 0 saturated carbocycles. The maximum atomic E-state index is 12.6. The number of likely N-dealkylation sites (tertiary alicyclic amines) is 1. The minimum absolute atomic E-state index is 0.0307. The van der Waals surface area contributed by atoms with Gasteiger partial charge in [-0.25, -0.2) is 0 Å².